The minimum atomic E-state index is -0.755. The fourth-order valence-corrected chi connectivity index (χ4v) is 3.35. The number of aliphatic carboxylic acids is 1. The SMILES string of the molecule is CC1CCCC1CNC(=O)[C@@H]1CC[C@H](C(=O)O)C1. The van der Waals surface area contributed by atoms with E-state index in [0.29, 0.717) is 24.7 Å². The summed E-state index contributed by atoms with van der Waals surface area (Å²) >= 11 is 0. The van der Waals surface area contributed by atoms with Gasteiger partial charge in [-0.3, -0.25) is 9.59 Å². The summed E-state index contributed by atoms with van der Waals surface area (Å²) in [7, 11) is 0. The summed E-state index contributed by atoms with van der Waals surface area (Å²) in [6.45, 7) is 3.02. The second-order valence-electron chi connectivity index (χ2n) is 5.96. The first kappa shape index (κ1) is 13.4. The minimum Gasteiger partial charge on any atom is -0.481 e. The van der Waals surface area contributed by atoms with Crippen LogP contribution in [0.4, 0.5) is 0 Å². The van der Waals surface area contributed by atoms with Crippen molar-refractivity contribution in [3.8, 4) is 0 Å². The molecule has 2 rings (SSSR count). The quantitative estimate of drug-likeness (QED) is 0.805. The minimum absolute atomic E-state index is 0.0675. The molecule has 102 valence electrons. The van der Waals surface area contributed by atoms with Crippen LogP contribution in [0.1, 0.15) is 45.4 Å². The van der Waals surface area contributed by atoms with Crippen LogP contribution in [0.25, 0.3) is 0 Å². The molecule has 2 fully saturated rings. The van der Waals surface area contributed by atoms with Gasteiger partial charge in [0.15, 0.2) is 0 Å². The molecule has 2 aliphatic carbocycles. The Bertz CT molecular complexity index is 329. The third kappa shape index (κ3) is 3.03. The van der Waals surface area contributed by atoms with E-state index in [4.69, 9.17) is 5.11 Å². The van der Waals surface area contributed by atoms with Crippen LogP contribution in [0.15, 0.2) is 0 Å². The number of rotatable bonds is 4. The van der Waals surface area contributed by atoms with E-state index in [9.17, 15) is 9.59 Å². The van der Waals surface area contributed by atoms with Crippen molar-refractivity contribution in [2.75, 3.05) is 6.54 Å². The summed E-state index contributed by atoms with van der Waals surface area (Å²) in [4.78, 5) is 22.8. The van der Waals surface area contributed by atoms with Crippen LogP contribution in [-0.2, 0) is 9.59 Å². The highest BCUT2D eigenvalue weighted by Crippen LogP contribution is 2.32. The van der Waals surface area contributed by atoms with Crippen molar-refractivity contribution in [1.29, 1.82) is 0 Å². The Balaban J connectivity index is 1.74. The molecule has 0 aromatic carbocycles. The van der Waals surface area contributed by atoms with E-state index in [1.807, 2.05) is 0 Å². The molecule has 4 heteroatoms. The van der Waals surface area contributed by atoms with Crippen LogP contribution in [-0.4, -0.2) is 23.5 Å². The molecule has 0 radical (unpaired) electrons. The molecule has 2 aliphatic rings. The molecule has 0 spiro atoms. The molecule has 18 heavy (non-hydrogen) atoms. The molecule has 4 atom stereocenters. The number of amides is 1. The Morgan fingerprint density at radius 3 is 2.44 bits per heavy atom. The van der Waals surface area contributed by atoms with E-state index in [2.05, 4.69) is 12.2 Å². The van der Waals surface area contributed by atoms with E-state index in [-0.39, 0.29) is 17.7 Å². The number of carbonyl (C=O) groups excluding carboxylic acids is 1. The smallest absolute Gasteiger partial charge is 0.306 e. The largest absolute Gasteiger partial charge is 0.481 e. The summed E-state index contributed by atoms with van der Waals surface area (Å²) in [6, 6.07) is 0. The first-order chi connectivity index (χ1) is 8.58. The zero-order chi connectivity index (χ0) is 13.1. The average molecular weight is 253 g/mol. The summed E-state index contributed by atoms with van der Waals surface area (Å²) in [5.74, 6) is 0.243. The fourth-order valence-electron chi connectivity index (χ4n) is 3.35. The van der Waals surface area contributed by atoms with Gasteiger partial charge in [0.25, 0.3) is 0 Å². The second-order valence-corrected chi connectivity index (χ2v) is 5.96. The average Bonchev–Trinajstić information content (AvgIpc) is 2.94. The Labute approximate surface area is 108 Å². The predicted octanol–water partition coefficient (Wildman–Crippen LogP) is 2.04. The third-order valence-electron chi connectivity index (χ3n) is 4.73. The number of carboxylic acids is 1. The molecule has 0 saturated heterocycles. The van der Waals surface area contributed by atoms with Gasteiger partial charge in [0.2, 0.25) is 5.91 Å². The lowest BCUT2D eigenvalue weighted by atomic mass is 9.97. The van der Waals surface area contributed by atoms with Crippen molar-refractivity contribution >= 4 is 11.9 Å². The zero-order valence-electron chi connectivity index (χ0n) is 11.0. The van der Waals surface area contributed by atoms with Gasteiger partial charge in [0.05, 0.1) is 5.92 Å². The van der Waals surface area contributed by atoms with Gasteiger partial charge in [-0.2, -0.15) is 0 Å². The molecular formula is C14H23NO3. The van der Waals surface area contributed by atoms with E-state index in [1.165, 1.54) is 19.3 Å². The van der Waals surface area contributed by atoms with E-state index < -0.39 is 5.97 Å². The lowest BCUT2D eigenvalue weighted by molar-refractivity contribution is -0.141. The zero-order valence-corrected chi connectivity index (χ0v) is 11.0. The molecule has 0 aliphatic heterocycles. The molecule has 2 unspecified atom stereocenters. The molecule has 1 amide bonds. The number of hydrogen-bond acceptors (Lipinski definition) is 2. The molecule has 0 aromatic rings. The van der Waals surface area contributed by atoms with Crippen molar-refractivity contribution in [3.63, 3.8) is 0 Å². The van der Waals surface area contributed by atoms with Gasteiger partial charge >= 0.3 is 5.97 Å². The highest BCUT2D eigenvalue weighted by molar-refractivity contribution is 5.80. The van der Waals surface area contributed by atoms with Gasteiger partial charge in [0, 0.05) is 12.5 Å². The fraction of sp³-hybridized carbons (Fsp3) is 0.857. The highest BCUT2D eigenvalue weighted by atomic mass is 16.4. The van der Waals surface area contributed by atoms with Crippen molar-refractivity contribution in [1.82, 2.24) is 5.32 Å². The summed E-state index contributed by atoms with van der Waals surface area (Å²) < 4.78 is 0. The standard InChI is InChI=1S/C14H23NO3/c1-9-3-2-4-12(9)8-15-13(16)10-5-6-11(7-10)14(17)18/h9-12H,2-8H2,1H3,(H,15,16)(H,17,18)/t9?,10-,11+,12?/m1/s1. The van der Waals surface area contributed by atoms with Gasteiger partial charge in [-0.1, -0.05) is 19.8 Å². The van der Waals surface area contributed by atoms with Gasteiger partial charge < -0.3 is 10.4 Å². The number of nitrogens with one attached hydrogen (secondary N) is 1. The predicted molar refractivity (Wildman–Crippen MR) is 68.0 cm³/mol. The van der Waals surface area contributed by atoms with Crippen LogP contribution in [0.3, 0.4) is 0 Å². The van der Waals surface area contributed by atoms with Gasteiger partial charge in [-0.25, -0.2) is 0 Å². The van der Waals surface area contributed by atoms with Crippen LogP contribution in [0.5, 0.6) is 0 Å². The van der Waals surface area contributed by atoms with Crippen molar-refractivity contribution in [3.05, 3.63) is 0 Å². The monoisotopic (exact) mass is 253 g/mol. The lowest BCUT2D eigenvalue weighted by Gasteiger charge is -2.17. The number of hydrogen-bond donors (Lipinski definition) is 2. The van der Waals surface area contributed by atoms with Crippen LogP contribution >= 0.6 is 0 Å². The Hall–Kier alpha value is -1.06. The van der Waals surface area contributed by atoms with E-state index >= 15 is 0 Å². The van der Waals surface area contributed by atoms with E-state index in [1.54, 1.807) is 0 Å². The molecule has 0 bridgehead atoms. The van der Waals surface area contributed by atoms with Gasteiger partial charge in [0.1, 0.15) is 0 Å². The molecule has 2 saturated carbocycles. The molecule has 0 aromatic heterocycles. The van der Waals surface area contributed by atoms with Gasteiger partial charge in [-0.05, 0) is 37.5 Å². The first-order valence-corrected chi connectivity index (χ1v) is 7.08. The van der Waals surface area contributed by atoms with Gasteiger partial charge in [-0.15, -0.1) is 0 Å². The Kier molecular flexibility index (Phi) is 4.25. The van der Waals surface area contributed by atoms with Crippen molar-refractivity contribution in [2.24, 2.45) is 23.7 Å². The second kappa shape index (κ2) is 5.72. The highest BCUT2D eigenvalue weighted by Gasteiger charge is 2.34. The Morgan fingerprint density at radius 2 is 1.89 bits per heavy atom. The maximum absolute atomic E-state index is 12.0. The van der Waals surface area contributed by atoms with E-state index in [0.717, 1.165) is 13.0 Å². The number of carbonyl (C=O) groups is 2. The van der Waals surface area contributed by atoms with Crippen LogP contribution in [0.2, 0.25) is 0 Å². The molecule has 4 nitrogen and oxygen atoms in total. The third-order valence-corrected chi connectivity index (χ3v) is 4.73. The normalized spacial score (nSPS) is 35.6. The number of carboxylic acid groups (broad SMARTS) is 1. The molecule has 2 N–H and O–H groups in total. The van der Waals surface area contributed by atoms with Crippen LogP contribution < -0.4 is 5.32 Å². The topological polar surface area (TPSA) is 66.4 Å². The summed E-state index contributed by atoms with van der Waals surface area (Å²) in [5.41, 5.74) is 0. The lowest BCUT2D eigenvalue weighted by Crippen LogP contribution is -2.34. The molecular weight excluding hydrogens is 230 g/mol. The van der Waals surface area contributed by atoms with Crippen molar-refractivity contribution < 1.29 is 14.7 Å². The maximum Gasteiger partial charge on any atom is 0.306 e. The van der Waals surface area contributed by atoms with Crippen LogP contribution in [0, 0.1) is 23.7 Å². The molecule has 0 heterocycles. The van der Waals surface area contributed by atoms with Crippen molar-refractivity contribution in [2.45, 2.75) is 45.4 Å². The summed E-state index contributed by atoms with van der Waals surface area (Å²) in [5, 5.41) is 11.9. The Morgan fingerprint density at radius 1 is 1.17 bits per heavy atom. The first-order valence-electron chi connectivity index (χ1n) is 7.08. The maximum atomic E-state index is 12.0. The summed E-state index contributed by atoms with van der Waals surface area (Å²) in [6.07, 6.45) is 5.64.